The van der Waals surface area contributed by atoms with Crippen LogP contribution in [0, 0.1) is 0 Å². The maximum Gasteiger partial charge on any atom is 0.190 e. The van der Waals surface area contributed by atoms with E-state index in [1.165, 1.54) is 5.56 Å². The summed E-state index contributed by atoms with van der Waals surface area (Å²) in [6, 6.07) is 5.98. The van der Waals surface area contributed by atoms with E-state index < -0.39 is 0 Å². The van der Waals surface area contributed by atoms with Gasteiger partial charge >= 0.3 is 0 Å². The van der Waals surface area contributed by atoms with Crippen molar-refractivity contribution in [2.24, 2.45) is 4.99 Å². The zero-order chi connectivity index (χ0) is 17.9. The first-order valence-electron chi connectivity index (χ1n) is 8.38. The standard InChI is InChI=1S/C18H27N5O2.HI/c1-19-18(21-8-4-11-23-12-10-20-14-23)22-9-7-15-5-6-16(24-2)17(13-15)25-3;/h5-6,10,12-14H,4,7-9,11H2,1-3H3,(H2,19,21,22);1H. The third-order valence-corrected chi connectivity index (χ3v) is 3.82. The van der Waals surface area contributed by atoms with Crippen LogP contribution in [-0.4, -0.2) is 49.9 Å². The average molecular weight is 473 g/mol. The summed E-state index contributed by atoms with van der Waals surface area (Å²) >= 11 is 0. The Kier molecular flexibility index (Phi) is 10.5. The molecule has 0 saturated heterocycles. The van der Waals surface area contributed by atoms with Crippen LogP contribution in [0.15, 0.2) is 41.9 Å². The fourth-order valence-corrected chi connectivity index (χ4v) is 2.47. The van der Waals surface area contributed by atoms with E-state index in [1.54, 1.807) is 27.5 Å². The quantitative estimate of drug-likeness (QED) is 0.253. The highest BCUT2D eigenvalue weighted by atomic mass is 127. The van der Waals surface area contributed by atoms with Gasteiger partial charge in [0.2, 0.25) is 0 Å². The van der Waals surface area contributed by atoms with Crippen LogP contribution in [0.25, 0.3) is 0 Å². The van der Waals surface area contributed by atoms with Gasteiger partial charge in [-0.05, 0) is 30.5 Å². The number of aromatic nitrogens is 2. The fraction of sp³-hybridized carbons (Fsp3) is 0.444. The molecule has 8 heteroatoms. The maximum absolute atomic E-state index is 5.33. The van der Waals surface area contributed by atoms with Crippen molar-refractivity contribution in [3.8, 4) is 11.5 Å². The first-order chi connectivity index (χ1) is 12.3. The maximum atomic E-state index is 5.33. The number of hydrogen-bond acceptors (Lipinski definition) is 4. The number of rotatable bonds is 9. The summed E-state index contributed by atoms with van der Waals surface area (Å²) in [5, 5.41) is 6.64. The van der Waals surface area contributed by atoms with Crippen molar-refractivity contribution >= 4 is 29.9 Å². The monoisotopic (exact) mass is 473 g/mol. The molecule has 26 heavy (non-hydrogen) atoms. The molecule has 2 aromatic rings. The zero-order valence-electron chi connectivity index (χ0n) is 15.6. The van der Waals surface area contributed by atoms with Crippen LogP contribution in [0.2, 0.25) is 0 Å². The molecule has 0 fully saturated rings. The number of ether oxygens (including phenoxy) is 2. The Morgan fingerprint density at radius 1 is 1.15 bits per heavy atom. The lowest BCUT2D eigenvalue weighted by molar-refractivity contribution is 0.354. The van der Waals surface area contributed by atoms with E-state index in [0.717, 1.165) is 49.9 Å². The summed E-state index contributed by atoms with van der Waals surface area (Å²) in [6.45, 7) is 2.58. The van der Waals surface area contributed by atoms with E-state index in [0.29, 0.717) is 0 Å². The van der Waals surface area contributed by atoms with Crippen LogP contribution < -0.4 is 20.1 Å². The van der Waals surface area contributed by atoms with Crippen LogP contribution in [0.1, 0.15) is 12.0 Å². The summed E-state index contributed by atoms with van der Waals surface area (Å²) in [5.41, 5.74) is 1.18. The molecule has 0 radical (unpaired) electrons. The summed E-state index contributed by atoms with van der Waals surface area (Å²) in [5.74, 6) is 2.31. The number of nitrogens with one attached hydrogen (secondary N) is 2. The van der Waals surface area contributed by atoms with Gasteiger partial charge in [-0.1, -0.05) is 6.07 Å². The van der Waals surface area contributed by atoms with Crippen molar-refractivity contribution in [3.05, 3.63) is 42.5 Å². The normalized spacial score (nSPS) is 10.8. The first-order valence-corrected chi connectivity index (χ1v) is 8.38. The Balaban J connectivity index is 0.00000338. The number of halogens is 1. The molecule has 7 nitrogen and oxygen atoms in total. The van der Waals surface area contributed by atoms with Gasteiger partial charge in [0.05, 0.1) is 20.5 Å². The Hall–Kier alpha value is -1.97. The molecule has 2 rings (SSSR count). The molecule has 0 saturated carbocycles. The van der Waals surface area contributed by atoms with E-state index in [9.17, 15) is 0 Å². The van der Waals surface area contributed by atoms with Crippen LogP contribution in [0.4, 0.5) is 0 Å². The van der Waals surface area contributed by atoms with Gasteiger partial charge < -0.3 is 24.7 Å². The number of aryl methyl sites for hydroxylation is 1. The van der Waals surface area contributed by atoms with Gasteiger partial charge in [-0.2, -0.15) is 0 Å². The SMILES string of the molecule is CN=C(NCCCn1ccnc1)NCCc1ccc(OC)c(OC)c1.I. The van der Waals surface area contributed by atoms with Gasteiger partial charge in [0, 0.05) is 39.1 Å². The second-order valence-electron chi connectivity index (χ2n) is 5.52. The minimum absolute atomic E-state index is 0. The molecule has 1 aromatic carbocycles. The lowest BCUT2D eigenvalue weighted by Crippen LogP contribution is -2.38. The van der Waals surface area contributed by atoms with Crippen molar-refractivity contribution in [1.82, 2.24) is 20.2 Å². The minimum atomic E-state index is 0. The number of methoxy groups -OCH3 is 2. The van der Waals surface area contributed by atoms with Gasteiger partial charge in [-0.15, -0.1) is 24.0 Å². The molecule has 2 N–H and O–H groups in total. The van der Waals surface area contributed by atoms with Crippen molar-refractivity contribution < 1.29 is 9.47 Å². The molecule has 0 atom stereocenters. The van der Waals surface area contributed by atoms with E-state index in [-0.39, 0.29) is 24.0 Å². The molecule has 0 aliphatic heterocycles. The minimum Gasteiger partial charge on any atom is -0.493 e. The predicted molar refractivity (Wildman–Crippen MR) is 115 cm³/mol. The van der Waals surface area contributed by atoms with Crippen LogP contribution in [-0.2, 0) is 13.0 Å². The fourth-order valence-electron chi connectivity index (χ4n) is 2.47. The second kappa shape index (κ2) is 12.4. The smallest absolute Gasteiger partial charge is 0.190 e. The van der Waals surface area contributed by atoms with E-state index >= 15 is 0 Å². The Bertz CT molecular complexity index is 662. The van der Waals surface area contributed by atoms with E-state index in [1.807, 2.05) is 30.7 Å². The average Bonchev–Trinajstić information content (AvgIpc) is 3.16. The summed E-state index contributed by atoms with van der Waals surface area (Å²) in [4.78, 5) is 8.28. The molecule has 1 heterocycles. The highest BCUT2D eigenvalue weighted by Gasteiger charge is 2.05. The molecule has 0 aliphatic rings. The lowest BCUT2D eigenvalue weighted by atomic mass is 10.1. The highest BCUT2D eigenvalue weighted by molar-refractivity contribution is 14.0. The third kappa shape index (κ3) is 7.11. The van der Waals surface area contributed by atoms with Crippen LogP contribution in [0.5, 0.6) is 11.5 Å². The van der Waals surface area contributed by atoms with Crippen molar-refractivity contribution in [2.75, 3.05) is 34.4 Å². The second-order valence-corrected chi connectivity index (χ2v) is 5.52. The molecule has 0 amide bonds. The number of benzene rings is 1. The third-order valence-electron chi connectivity index (χ3n) is 3.82. The number of imidazole rings is 1. The molecular formula is C18H28IN5O2. The van der Waals surface area contributed by atoms with Gasteiger partial charge in [0.25, 0.3) is 0 Å². The number of guanidine groups is 1. The molecular weight excluding hydrogens is 445 g/mol. The van der Waals surface area contributed by atoms with Crippen molar-refractivity contribution in [2.45, 2.75) is 19.4 Å². The Morgan fingerprint density at radius 3 is 2.58 bits per heavy atom. The zero-order valence-corrected chi connectivity index (χ0v) is 17.9. The van der Waals surface area contributed by atoms with Crippen LogP contribution in [0.3, 0.4) is 0 Å². The molecule has 0 unspecified atom stereocenters. The Morgan fingerprint density at radius 2 is 1.92 bits per heavy atom. The van der Waals surface area contributed by atoms with Crippen LogP contribution >= 0.6 is 24.0 Å². The number of nitrogens with zero attached hydrogens (tertiary/aromatic N) is 3. The first kappa shape index (κ1) is 22.1. The largest absolute Gasteiger partial charge is 0.493 e. The van der Waals surface area contributed by atoms with Gasteiger partial charge in [-0.3, -0.25) is 4.99 Å². The van der Waals surface area contributed by atoms with Gasteiger partial charge in [0.15, 0.2) is 17.5 Å². The molecule has 144 valence electrons. The van der Waals surface area contributed by atoms with E-state index in [4.69, 9.17) is 9.47 Å². The molecule has 1 aromatic heterocycles. The van der Waals surface area contributed by atoms with Crippen molar-refractivity contribution in [1.29, 1.82) is 0 Å². The lowest BCUT2D eigenvalue weighted by Gasteiger charge is -2.13. The predicted octanol–water partition coefficient (Wildman–Crippen LogP) is 2.32. The molecule has 0 bridgehead atoms. The highest BCUT2D eigenvalue weighted by Crippen LogP contribution is 2.27. The number of hydrogen-bond donors (Lipinski definition) is 2. The van der Waals surface area contributed by atoms with Gasteiger partial charge in [0.1, 0.15) is 0 Å². The van der Waals surface area contributed by atoms with E-state index in [2.05, 4.69) is 25.2 Å². The van der Waals surface area contributed by atoms with Gasteiger partial charge in [-0.25, -0.2) is 4.98 Å². The topological polar surface area (TPSA) is 72.7 Å². The molecule has 0 spiro atoms. The van der Waals surface area contributed by atoms with Crippen molar-refractivity contribution in [3.63, 3.8) is 0 Å². The summed E-state index contributed by atoms with van der Waals surface area (Å²) in [6.07, 6.45) is 7.47. The Labute approximate surface area is 172 Å². The summed E-state index contributed by atoms with van der Waals surface area (Å²) < 4.78 is 12.7. The number of aliphatic imine (C=N–C) groups is 1. The summed E-state index contributed by atoms with van der Waals surface area (Å²) in [7, 11) is 5.07. The molecule has 0 aliphatic carbocycles.